The van der Waals surface area contributed by atoms with E-state index in [1.807, 2.05) is 0 Å². The van der Waals surface area contributed by atoms with Gasteiger partial charge in [-0.05, 0) is 57.2 Å². The second-order valence-electron chi connectivity index (χ2n) is 7.30. The van der Waals surface area contributed by atoms with Crippen LogP contribution in [0.2, 0.25) is 0 Å². The first-order chi connectivity index (χ1) is 10.7. The lowest BCUT2D eigenvalue weighted by Gasteiger charge is -2.48. The minimum Gasteiger partial charge on any atom is -0.383 e. The molecule has 2 unspecified atom stereocenters. The molecule has 1 aliphatic heterocycles. The van der Waals surface area contributed by atoms with Crippen LogP contribution >= 0.6 is 0 Å². The van der Waals surface area contributed by atoms with E-state index in [-0.39, 0.29) is 6.04 Å². The summed E-state index contributed by atoms with van der Waals surface area (Å²) in [7, 11) is 0. The molecule has 1 aromatic carbocycles. The van der Waals surface area contributed by atoms with E-state index in [0.717, 1.165) is 18.7 Å². The molecule has 1 aliphatic carbocycles. The summed E-state index contributed by atoms with van der Waals surface area (Å²) in [6.45, 7) is 4.54. The Morgan fingerprint density at radius 3 is 2.18 bits per heavy atom. The number of nitrogens with zero attached hydrogens (tertiary/aromatic N) is 1. The normalized spacial score (nSPS) is 25.5. The summed E-state index contributed by atoms with van der Waals surface area (Å²) in [5, 5.41) is 11.9. The second-order valence-corrected chi connectivity index (χ2v) is 7.30. The van der Waals surface area contributed by atoms with Gasteiger partial charge in [-0.1, -0.05) is 56.0 Å². The third kappa shape index (κ3) is 3.09. The molecule has 0 bridgehead atoms. The fourth-order valence-electron chi connectivity index (χ4n) is 4.65. The SMILES string of the molecule is CC(N1CCCCC1)C(O)(c1ccccc1)C1CCCCC1. The lowest BCUT2D eigenvalue weighted by Crippen LogP contribution is -2.54. The van der Waals surface area contributed by atoms with E-state index < -0.39 is 5.60 Å². The van der Waals surface area contributed by atoms with Crippen LogP contribution in [-0.4, -0.2) is 29.1 Å². The van der Waals surface area contributed by atoms with Crippen molar-refractivity contribution in [3.05, 3.63) is 35.9 Å². The molecule has 0 spiro atoms. The molecule has 3 rings (SSSR count). The molecular weight excluding hydrogens is 270 g/mol. The van der Waals surface area contributed by atoms with Crippen molar-refractivity contribution in [2.75, 3.05) is 13.1 Å². The van der Waals surface area contributed by atoms with Gasteiger partial charge in [0.2, 0.25) is 0 Å². The Kier molecular flexibility index (Phi) is 5.20. The number of piperidine rings is 1. The topological polar surface area (TPSA) is 23.5 Å². The Morgan fingerprint density at radius 2 is 1.55 bits per heavy atom. The highest BCUT2D eigenvalue weighted by Gasteiger charge is 2.45. The van der Waals surface area contributed by atoms with E-state index in [1.165, 1.54) is 51.4 Å². The summed E-state index contributed by atoms with van der Waals surface area (Å²) in [5.41, 5.74) is 0.430. The van der Waals surface area contributed by atoms with Crippen LogP contribution < -0.4 is 0 Å². The third-order valence-corrected chi connectivity index (χ3v) is 6.04. The standard InChI is InChI=1S/C20H31NO/c1-17(21-15-9-4-10-16-21)20(22,18-11-5-2-6-12-18)19-13-7-3-8-14-19/h2,5-6,11-12,17,19,22H,3-4,7-10,13-16H2,1H3. The number of aliphatic hydroxyl groups is 1. The van der Waals surface area contributed by atoms with Crippen molar-refractivity contribution in [2.45, 2.75) is 69.9 Å². The van der Waals surface area contributed by atoms with Gasteiger partial charge in [-0.15, -0.1) is 0 Å². The molecule has 1 aromatic rings. The first-order valence-electron chi connectivity index (χ1n) is 9.25. The van der Waals surface area contributed by atoms with Gasteiger partial charge >= 0.3 is 0 Å². The molecule has 2 heteroatoms. The summed E-state index contributed by atoms with van der Waals surface area (Å²) in [5.74, 6) is 0.403. The van der Waals surface area contributed by atoms with Crippen LogP contribution in [0.15, 0.2) is 30.3 Å². The molecule has 1 saturated heterocycles. The largest absolute Gasteiger partial charge is 0.383 e. The minimum absolute atomic E-state index is 0.207. The molecule has 0 amide bonds. The molecule has 122 valence electrons. The van der Waals surface area contributed by atoms with E-state index in [0.29, 0.717) is 5.92 Å². The average molecular weight is 301 g/mol. The highest BCUT2D eigenvalue weighted by molar-refractivity contribution is 5.26. The van der Waals surface area contributed by atoms with Crippen LogP contribution in [0.5, 0.6) is 0 Å². The molecule has 2 nitrogen and oxygen atoms in total. The van der Waals surface area contributed by atoms with Gasteiger partial charge in [-0.3, -0.25) is 4.90 Å². The Morgan fingerprint density at radius 1 is 0.955 bits per heavy atom. The number of hydrogen-bond acceptors (Lipinski definition) is 2. The number of hydrogen-bond donors (Lipinski definition) is 1. The summed E-state index contributed by atoms with van der Waals surface area (Å²) in [4.78, 5) is 2.53. The van der Waals surface area contributed by atoms with Gasteiger partial charge in [0.25, 0.3) is 0 Å². The Bertz CT molecular complexity index is 448. The minimum atomic E-state index is -0.695. The van der Waals surface area contributed by atoms with Crippen molar-refractivity contribution in [3.8, 4) is 0 Å². The second kappa shape index (κ2) is 7.14. The zero-order valence-corrected chi connectivity index (χ0v) is 14.0. The maximum absolute atomic E-state index is 11.9. The molecular formula is C20H31NO. The molecule has 0 radical (unpaired) electrons. The van der Waals surface area contributed by atoms with Gasteiger partial charge in [0.1, 0.15) is 5.60 Å². The molecule has 0 aromatic heterocycles. The van der Waals surface area contributed by atoms with Crippen molar-refractivity contribution >= 4 is 0 Å². The number of likely N-dealkylation sites (tertiary alicyclic amines) is 1. The predicted molar refractivity (Wildman–Crippen MR) is 91.8 cm³/mol. The Balaban J connectivity index is 1.90. The van der Waals surface area contributed by atoms with E-state index in [2.05, 4.69) is 42.2 Å². The molecule has 22 heavy (non-hydrogen) atoms. The number of benzene rings is 1. The third-order valence-electron chi connectivity index (χ3n) is 6.04. The van der Waals surface area contributed by atoms with E-state index in [9.17, 15) is 5.11 Å². The van der Waals surface area contributed by atoms with Gasteiger partial charge in [0.05, 0.1) is 0 Å². The molecule has 2 atom stereocenters. The monoisotopic (exact) mass is 301 g/mol. The van der Waals surface area contributed by atoms with Crippen LogP contribution in [0.1, 0.15) is 63.9 Å². The zero-order chi connectivity index (χ0) is 15.4. The zero-order valence-electron chi connectivity index (χ0n) is 14.0. The quantitative estimate of drug-likeness (QED) is 0.895. The van der Waals surface area contributed by atoms with Crippen molar-refractivity contribution in [1.82, 2.24) is 4.90 Å². The number of rotatable bonds is 4. The Labute approximate surface area is 135 Å². The lowest BCUT2D eigenvalue weighted by atomic mass is 9.69. The van der Waals surface area contributed by atoms with Gasteiger partial charge < -0.3 is 5.11 Å². The van der Waals surface area contributed by atoms with E-state index in [1.54, 1.807) is 0 Å². The molecule has 1 saturated carbocycles. The Hall–Kier alpha value is -0.860. The first-order valence-corrected chi connectivity index (χ1v) is 9.25. The predicted octanol–water partition coefficient (Wildman–Crippen LogP) is 4.33. The molecule has 2 fully saturated rings. The van der Waals surface area contributed by atoms with Crippen molar-refractivity contribution < 1.29 is 5.11 Å². The highest BCUT2D eigenvalue weighted by atomic mass is 16.3. The molecule has 1 heterocycles. The molecule has 2 aliphatic rings. The van der Waals surface area contributed by atoms with Crippen molar-refractivity contribution in [3.63, 3.8) is 0 Å². The maximum atomic E-state index is 11.9. The maximum Gasteiger partial charge on any atom is 0.108 e. The molecule has 1 N–H and O–H groups in total. The van der Waals surface area contributed by atoms with Crippen molar-refractivity contribution in [2.24, 2.45) is 5.92 Å². The van der Waals surface area contributed by atoms with E-state index >= 15 is 0 Å². The first kappa shape index (κ1) is 16.0. The lowest BCUT2D eigenvalue weighted by molar-refractivity contribution is -0.104. The van der Waals surface area contributed by atoms with Crippen LogP contribution in [0.25, 0.3) is 0 Å². The van der Waals surface area contributed by atoms with Crippen LogP contribution in [0.4, 0.5) is 0 Å². The van der Waals surface area contributed by atoms with Gasteiger partial charge in [0.15, 0.2) is 0 Å². The summed E-state index contributed by atoms with van der Waals surface area (Å²) in [6, 6.07) is 10.7. The highest BCUT2D eigenvalue weighted by Crippen LogP contribution is 2.43. The van der Waals surface area contributed by atoms with Crippen molar-refractivity contribution in [1.29, 1.82) is 0 Å². The smallest absolute Gasteiger partial charge is 0.108 e. The average Bonchev–Trinajstić information content (AvgIpc) is 2.62. The summed E-state index contributed by atoms with van der Waals surface area (Å²) < 4.78 is 0. The van der Waals surface area contributed by atoms with Gasteiger partial charge in [-0.25, -0.2) is 0 Å². The summed E-state index contributed by atoms with van der Waals surface area (Å²) >= 11 is 0. The van der Waals surface area contributed by atoms with Crippen LogP contribution in [-0.2, 0) is 5.60 Å². The van der Waals surface area contributed by atoms with Crippen LogP contribution in [0.3, 0.4) is 0 Å². The van der Waals surface area contributed by atoms with Gasteiger partial charge in [-0.2, -0.15) is 0 Å². The summed E-state index contributed by atoms with van der Waals surface area (Å²) in [6.07, 6.45) is 10.1. The van der Waals surface area contributed by atoms with Gasteiger partial charge in [0, 0.05) is 6.04 Å². The van der Waals surface area contributed by atoms with E-state index in [4.69, 9.17) is 0 Å². The fourth-order valence-corrected chi connectivity index (χ4v) is 4.65. The van der Waals surface area contributed by atoms with Crippen LogP contribution in [0, 0.1) is 5.92 Å². The fraction of sp³-hybridized carbons (Fsp3) is 0.700.